The number of anilines is 1. The van der Waals surface area contributed by atoms with Crippen molar-refractivity contribution in [3.8, 4) is 0 Å². The number of nitrogens with zero attached hydrogens (tertiary/aromatic N) is 2. The molecule has 1 aromatic carbocycles. The Morgan fingerprint density at radius 1 is 1.23 bits per heavy atom. The summed E-state index contributed by atoms with van der Waals surface area (Å²) in [7, 11) is 0. The molecule has 1 aliphatic heterocycles. The number of rotatable bonds is 9. The van der Waals surface area contributed by atoms with E-state index in [1.165, 1.54) is 0 Å². The molecule has 2 aromatic rings. The number of carbonyl (C=O) groups is 3. The summed E-state index contributed by atoms with van der Waals surface area (Å²) in [5, 5.41) is 12.1. The van der Waals surface area contributed by atoms with E-state index in [0.29, 0.717) is 25.3 Å². The molecule has 2 unspecified atom stereocenters. The summed E-state index contributed by atoms with van der Waals surface area (Å²) in [4.78, 5) is 39.6. The molecule has 0 spiro atoms. The van der Waals surface area contributed by atoms with Crippen molar-refractivity contribution < 1.29 is 14.4 Å². The van der Waals surface area contributed by atoms with Crippen LogP contribution >= 0.6 is 0 Å². The molecule has 8 heteroatoms. The van der Waals surface area contributed by atoms with E-state index in [9.17, 15) is 14.4 Å². The highest BCUT2D eigenvalue weighted by Gasteiger charge is 2.35. The Balaban J connectivity index is 1.55. The van der Waals surface area contributed by atoms with E-state index in [2.05, 4.69) is 20.8 Å². The summed E-state index contributed by atoms with van der Waals surface area (Å²) in [5.74, 6) is -0.319. The van der Waals surface area contributed by atoms with Crippen molar-refractivity contribution in [3.63, 3.8) is 0 Å². The van der Waals surface area contributed by atoms with Crippen molar-refractivity contribution in [1.82, 2.24) is 20.4 Å². The van der Waals surface area contributed by atoms with Crippen LogP contribution in [-0.2, 0) is 20.8 Å². The van der Waals surface area contributed by atoms with Gasteiger partial charge < -0.3 is 15.5 Å². The van der Waals surface area contributed by atoms with Gasteiger partial charge in [-0.15, -0.1) is 0 Å². The lowest BCUT2D eigenvalue weighted by Gasteiger charge is -2.22. The van der Waals surface area contributed by atoms with Crippen LogP contribution in [0.1, 0.15) is 32.3 Å². The van der Waals surface area contributed by atoms with Crippen LogP contribution in [0.15, 0.2) is 42.6 Å². The lowest BCUT2D eigenvalue weighted by Crippen LogP contribution is -2.47. The molecule has 8 nitrogen and oxygen atoms in total. The Hall–Kier alpha value is -3.16. The number of carbonyl (C=O) groups excluding carboxylic acids is 3. The van der Waals surface area contributed by atoms with Crippen LogP contribution in [0.2, 0.25) is 0 Å². The van der Waals surface area contributed by atoms with E-state index in [4.69, 9.17) is 0 Å². The van der Waals surface area contributed by atoms with Crippen LogP contribution in [0.3, 0.4) is 0 Å². The Bertz CT molecular complexity index is 851. The lowest BCUT2D eigenvalue weighted by molar-refractivity contribution is -0.130. The Labute approximate surface area is 176 Å². The van der Waals surface area contributed by atoms with Crippen LogP contribution in [0.4, 0.5) is 5.82 Å². The van der Waals surface area contributed by atoms with Gasteiger partial charge >= 0.3 is 0 Å². The monoisotopic (exact) mass is 411 g/mol. The van der Waals surface area contributed by atoms with Crippen molar-refractivity contribution in [2.75, 3.05) is 18.4 Å². The van der Waals surface area contributed by atoms with E-state index >= 15 is 0 Å². The molecule has 160 valence electrons. The van der Waals surface area contributed by atoms with Gasteiger partial charge in [-0.25, -0.2) is 0 Å². The van der Waals surface area contributed by atoms with E-state index < -0.39 is 12.0 Å². The standard InChI is InChI=1S/C22H29N5O3/c1-15(2)12-18(22(30)25-19-8-10-23-26-19)24-21(29)17-13-20(28)27(14-17)11-9-16-6-4-3-5-7-16/h3-8,10,15,17-18H,9,11-14H2,1-2H3,(H,24,29)(H2,23,25,26,30). The number of aromatic nitrogens is 2. The zero-order valence-corrected chi connectivity index (χ0v) is 17.4. The second-order valence-corrected chi connectivity index (χ2v) is 8.13. The number of likely N-dealkylation sites (tertiary alicyclic amines) is 1. The first-order valence-corrected chi connectivity index (χ1v) is 10.3. The van der Waals surface area contributed by atoms with Gasteiger partial charge in [0.1, 0.15) is 11.9 Å². The van der Waals surface area contributed by atoms with Crippen LogP contribution in [0.5, 0.6) is 0 Å². The third kappa shape index (κ3) is 5.92. The smallest absolute Gasteiger partial charge is 0.248 e. The minimum absolute atomic E-state index is 0.0200. The quantitative estimate of drug-likeness (QED) is 0.586. The van der Waals surface area contributed by atoms with Gasteiger partial charge in [0.25, 0.3) is 0 Å². The minimum atomic E-state index is -0.672. The largest absolute Gasteiger partial charge is 0.344 e. The maximum Gasteiger partial charge on any atom is 0.248 e. The maximum atomic E-state index is 12.8. The lowest BCUT2D eigenvalue weighted by atomic mass is 10.0. The summed E-state index contributed by atoms with van der Waals surface area (Å²) in [6.45, 7) is 4.95. The molecule has 1 fully saturated rings. The second kappa shape index (κ2) is 10.0. The summed E-state index contributed by atoms with van der Waals surface area (Å²) in [6, 6.07) is 10.9. The summed E-state index contributed by atoms with van der Waals surface area (Å²) < 4.78 is 0. The third-order valence-electron chi connectivity index (χ3n) is 5.20. The predicted octanol–water partition coefficient (Wildman–Crippen LogP) is 1.97. The molecule has 0 aliphatic carbocycles. The van der Waals surface area contributed by atoms with E-state index in [0.717, 1.165) is 12.0 Å². The fourth-order valence-corrected chi connectivity index (χ4v) is 3.61. The van der Waals surface area contributed by atoms with Crippen LogP contribution in [-0.4, -0.2) is 52.0 Å². The average Bonchev–Trinajstić information content (AvgIpc) is 3.36. The SMILES string of the molecule is CC(C)CC(NC(=O)C1CC(=O)N(CCc2ccccc2)C1)C(=O)Nc1ccn[nH]1. The van der Waals surface area contributed by atoms with Gasteiger partial charge in [0, 0.05) is 25.6 Å². The van der Waals surface area contributed by atoms with E-state index in [-0.39, 0.29) is 30.1 Å². The Morgan fingerprint density at radius 3 is 2.67 bits per heavy atom. The highest BCUT2D eigenvalue weighted by molar-refractivity contribution is 5.97. The molecule has 2 heterocycles. The zero-order chi connectivity index (χ0) is 21.5. The molecule has 3 N–H and O–H groups in total. The average molecular weight is 412 g/mol. The van der Waals surface area contributed by atoms with Crippen molar-refractivity contribution in [2.45, 2.75) is 39.2 Å². The summed E-state index contributed by atoms with van der Waals surface area (Å²) in [5.41, 5.74) is 1.16. The molecule has 0 radical (unpaired) electrons. The summed E-state index contributed by atoms with van der Waals surface area (Å²) in [6.07, 6.45) is 2.98. The molecular weight excluding hydrogens is 382 g/mol. The highest BCUT2D eigenvalue weighted by Crippen LogP contribution is 2.19. The molecule has 1 aromatic heterocycles. The maximum absolute atomic E-state index is 12.8. The fourth-order valence-electron chi connectivity index (χ4n) is 3.61. The van der Waals surface area contributed by atoms with Gasteiger partial charge in [-0.05, 0) is 24.3 Å². The molecule has 0 saturated carbocycles. The van der Waals surface area contributed by atoms with Crippen LogP contribution < -0.4 is 10.6 Å². The first kappa shape index (κ1) is 21.5. The molecule has 3 amide bonds. The minimum Gasteiger partial charge on any atom is -0.344 e. The van der Waals surface area contributed by atoms with Gasteiger partial charge in [-0.2, -0.15) is 5.10 Å². The molecule has 1 aliphatic rings. The van der Waals surface area contributed by atoms with Gasteiger partial charge in [0.05, 0.1) is 12.1 Å². The van der Waals surface area contributed by atoms with Gasteiger partial charge in [0.15, 0.2) is 0 Å². The Kier molecular flexibility index (Phi) is 7.21. The van der Waals surface area contributed by atoms with Crippen molar-refractivity contribution in [2.24, 2.45) is 11.8 Å². The molecule has 0 bridgehead atoms. The molecule has 3 rings (SSSR count). The number of nitrogens with one attached hydrogen (secondary N) is 3. The van der Waals surface area contributed by atoms with Crippen molar-refractivity contribution in [1.29, 1.82) is 0 Å². The predicted molar refractivity (Wildman–Crippen MR) is 113 cm³/mol. The molecule has 30 heavy (non-hydrogen) atoms. The van der Waals surface area contributed by atoms with Crippen molar-refractivity contribution >= 4 is 23.5 Å². The number of H-pyrrole nitrogens is 1. The van der Waals surface area contributed by atoms with E-state index in [1.807, 2.05) is 44.2 Å². The van der Waals surface area contributed by atoms with Crippen LogP contribution in [0.25, 0.3) is 0 Å². The third-order valence-corrected chi connectivity index (χ3v) is 5.20. The normalized spacial score (nSPS) is 17.2. The fraction of sp³-hybridized carbons (Fsp3) is 0.455. The Morgan fingerprint density at radius 2 is 2.00 bits per heavy atom. The highest BCUT2D eigenvalue weighted by atomic mass is 16.2. The number of hydrogen-bond donors (Lipinski definition) is 3. The summed E-state index contributed by atoms with van der Waals surface area (Å²) >= 11 is 0. The molecular formula is C22H29N5O3. The number of aromatic amines is 1. The van der Waals surface area contributed by atoms with Crippen LogP contribution in [0, 0.1) is 11.8 Å². The van der Waals surface area contributed by atoms with Gasteiger partial charge in [0.2, 0.25) is 17.7 Å². The molecule has 2 atom stereocenters. The molecule has 1 saturated heterocycles. The number of benzene rings is 1. The van der Waals surface area contributed by atoms with Gasteiger partial charge in [-0.3, -0.25) is 19.5 Å². The van der Waals surface area contributed by atoms with E-state index in [1.54, 1.807) is 17.2 Å². The van der Waals surface area contributed by atoms with Gasteiger partial charge in [-0.1, -0.05) is 44.2 Å². The first-order chi connectivity index (χ1) is 14.4. The van der Waals surface area contributed by atoms with Crippen molar-refractivity contribution in [3.05, 3.63) is 48.2 Å². The first-order valence-electron chi connectivity index (χ1n) is 10.3. The second-order valence-electron chi connectivity index (χ2n) is 8.13. The zero-order valence-electron chi connectivity index (χ0n) is 17.4. The number of hydrogen-bond acceptors (Lipinski definition) is 4. The number of amides is 3. The topological polar surface area (TPSA) is 107 Å².